The van der Waals surface area contributed by atoms with E-state index in [1.807, 2.05) is 0 Å². The molecule has 1 N–H and O–H groups in total. The van der Waals surface area contributed by atoms with Gasteiger partial charge in [0.1, 0.15) is 0 Å². The van der Waals surface area contributed by atoms with Crippen molar-refractivity contribution in [2.75, 3.05) is 13.2 Å². The van der Waals surface area contributed by atoms with Gasteiger partial charge in [0, 0.05) is 23.2 Å². The minimum absolute atomic E-state index is 0.242. The van der Waals surface area contributed by atoms with Crippen LogP contribution in [0.25, 0.3) is 0 Å². The first-order valence-electron chi connectivity index (χ1n) is 6.55. The number of amides is 1. The van der Waals surface area contributed by atoms with E-state index in [2.05, 4.69) is 5.32 Å². The summed E-state index contributed by atoms with van der Waals surface area (Å²) in [5, 5.41) is 3.62. The number of hydrogen-bond donors (Lipinski definition) is 1. The smallest absolute Gasteiger partial charge is 0.335 e. The zero-order valence-corrected chi connectivity index (χ0v) is 12.7. The van der Waals surface area contributed by atoms with E-state index in [4.69, 9.17) is 32.7 Å². The minimum atomic E-state index is -0.538. The molecule has 0 aliphatic carbocycles. The fourth-order valence-corrected chi connectivity index (χ4v) is 2.38. The first kappa shape index (κ1) is 16.1. The van der Waals surface area contributed by atoms with Crippen LogP contribution in [-0.2, 0) is 25.6 Å². The topological polar surface area (TPSA) is 64.6 Å². The van der Waals surface area contributed by atoms with E-state index in [0.29, 0.717) is 23.1 Å². The molecular weight excluding hydrogens is 317 g/mol. The Morgan fingerprint density at radius 1 is 1.38 bits per heavy atom. The van der Waals surface area contributed by atoms with Gasteiger partial charge in [0.15, 0.2) is 12.7 Å². The van der Waals surface area contributed by atoms with Gasteiger partial charge in [-0.15, -0.1) is 0 Å². The maximum atomic E-state index is 11.6. The van der Waals surface area contributed by atoms with E-state index in [9.17, 15) is 9.59 Å². The van der Waals surface area contributed by atoms with Gasteiger partial charge < -0.3 is 14.8 Å². The average molecular weight is 332 g/mol. The summed E-state index contributed by atoms with van der Waals surface area (Å²) in [6.07, 6.45) is 0.936. The van der Waals surface area contributed by atoms with Crippen molar-refractivity contribution in [3.63, 3.8) is 0 Å². The normalized spacial score (nSPS) is 17.5. The quantitative estimate of drug-likeness (QED) is 0.841. The lowest BCUT2D eigenvalue weighted by Gasteiger charge is -2.10. The summed E-state index contributed by atoms with van der Waals surface area (Å²) in [4.78, 5) is 23.2. The van der Waals surface area contributed by atoms with E-state index >= 15 is 0 Å². The summed E-state index contributed by atoms with van der Waals surface area (Å²) >= 11 is 11.8. The van der Waals surface area contributed by atoms with Gasteiger partial charge in [-0.2, -0.15) is 0 Å². The average Bonchev–Trinajstić information content (AvgIpc) is 2.98. The molecule has 0 radical (unpaired) electrons. The van der Waals surface area contributed by atoms with Gasteiger partial charge in [0.25, 0.3) is 5.91 Å². The van der Waals surface area contributed by atoms with Crippen molar-refractivity contribution in [1.82, 2.24) is 5.32 Å². The van der Waals surface area contributed by atoms with Crippen molar-refractivity contribution in [2.45, 2.75) is 25.5 Å². The zero-order chi connectivity index (χ0) is 15.2. The highest BCUT2D eigenvalue weighted by Crippen LogP contribution is 2.20. The highest BCUT2D eigenvalue weighted by molar-refractivity contribution is 6.35. The number of halogens is 2. The molecule has 0 unspecified atom stereocenters. The molecule has 1 heterocycles. The monoisotopic (exact) mass is 331 g/mol. The van der Waals surface area contributed by atoms with Gasteiger partial charge in [-0.1, -0.05) is 29.3 Å². The summed E-state index contributed by atoms with van der Waals surface area (Å²) in [5.41, 5.74) is 0.736. The van der Waals surface area contributed by atoms with Crippen LogP contribution in [-0.4, -0.2) is 31.2 Å². The van der Waals surface area contributed by atoms with Crippen LogP contribution in [0.5, 0.6) is 0 Å². The molecule has 21 heavy (non-hydrogen) atoms. The second-order valence-corrected chi connectivity index (χ2v) is 5.47. The second kappa shape index (κ2) is 7.64. The van der Waals surface area contributed by atoms with Crippen molar-refractivity contribution in [1.29, 1.82) is 0 Å². The van der Waals surface area contributed by atoms with Crippen LogP contribution in [0.2, 0.25) is 10.0 Å². The van der Waals surface area contributed by atoms with Crippen LogP contribution in [0.15, 0.2) is 18.2 Å². The third-order valence-corrected chi connectivity index (χ3v) is 3.62. The highest BCUT2D eigenvalue weighted by atomic mass is 35.5. The molecule has 1 aromatic rings. The molecule has 1 aliphatic rings. The molecule has 1 saturated heterocycles. The molecule has 1 aliphatic heterocycles. The SMILES string of the molecule is O=C(COC(=O)[C@H]1CCCO1)NCc1ccc(Cl)cc1Cl. The molecule has 0 spiro atoms. The third-order valence-electron chi connectivity index (χ3n) is 3.03. The van der Waals surface area contributed by atoms with Crippen molar-refractivity contribution in [2.24, 2.45) is 0 Å². The molecule has 1 aromatic carbocycles. The molecule has 1 amide bonds. The number of esters is 1. The zero-order valence-electron chi connectivity index (χ0n) is 11.2. The minimum Gasteiger partial charge on any atom is -0.454 e. The molecule has 7 heteroatoms. The van der Waals surface area contributed by atoms with Crippen LogP contribution in [0.4, 0.5) is 0 Å². The van der Waals surface area contributed by atoms with Gasteiger partial charge in [-0.05, 0) is 30.5 Å². The number of hydrogen-bond acceptors (Lipinski definition) is 4. The van der Waals surface area contributed by atoms with Crippen molar-refractivity contribution in [3.8, 4) is 0 Å². The number of nitrogens with one attached hydrogen (secondary N) is 1. The number of carbonyl (C=O) groups excluding carboxylic acids is 2. The summed E-state index contributed by atoms with van der Waals surface area (Å²) in [6.45, 7) is 0.469. The summed E-state index contributed by atoms with van der Waals surface area (Å²) in [5.74, 6) is -0.889. The summed E-state index contributed by atoms with van der Waals surface area (Å²) < 4.78 is 10.1. The van der Waals surface area contributed by atoms with Crippen molar-refractivity contribution < 1.29 is 19.1 Å². The largest absolute Gasteiger partial charge is 0.454 e. The lowest BCUT2D eigenvalue weighted by atomic mass is 10.2. The molecule has 1 fully saturated rings. The number of rotatable bonds is 5. The predicted octanol–water partition coefficient (Wildman–Crippen LogP) is 2.33. The number of ether oxygens (including phenoxy) is 2. The second-order valence-electron chi connectivity index (χ2n) is 4.62. The molecule has 114 valence electrons. The van der Waals surface area contributed by atoms with Crippen LogP contribution in [0, 0.1) is 0 Å². The fraction of sp³-hybridized carbons (Fsp3) is 0.429. The van der Waals surface area contributed by atoms with Crippen LogP contribution >= 0.6 is 23.2 Å². The Kier molecular flexibility index (Phi) is 5.85. The molecule has 1 atom stereocenters. The number of carbonyl (C=O) groups is 2. The maximum absolute atomic E-state index is 11.6. The summed E-state index contributed by atoms with van der Waals surface area (Å²) in [6, 6.07) is 5.01. The molecule has 0 aromatic heterocycles. The van der Waals surface area contributed by atoms with Crippen molar-refractivity contribution in [3.05, 3.63) is 33.8 Å². The van der Waals surface area contributed by atoms with Gasteiger partial charge in [0.2, 0.25) is 0 Å². The first-order chi connectivity index (χ1) is 10.1. The van der Waals surface area contributed by atoms with Gasteiger partial charge in [0.05, 0.1) is 0 Å². The standard InChI is InChI=1S/C14H15Cl2NO4/c15-10-4-3-9(11(16)6-10)7-17-13(18)8-21-14(19)12-2-1-5-20-12/h3-4,6,12H,1-2,5,7-8H2,(H,17,18)/t12-/m1/s1. The summed E-state index contributed by atoms with van der Waals surface area (Å²) in [7, 11) is 0. The van der Waals surface area contributed by atoms with Crippen LogP contribution in [0.3, 0.4) is 0 Å². The Bertz CT molecular complexity index is 530. The Morgan fingerprint density at radius 2 is 2.19 bits per heavy atom. The van der Waals surface area contributed by atoms with Gasteiger partial charge in [-0.3, -0.25) is 4.79 Å². The molecule has 2 rings (SSSR count). The third kappa shape index (κ3) is 4.88. The van der Waals surface area contributed by atoms with Gasteiger partial charge in [-0.25, -0.2) is 4.79 Å². The van der Waals surface area contributed by atoms with E-state index in [0.717, 1.165) is 12.0 Å². The lowest BCUT2D eigenvalue weighted by molar-refractivity contribution is -0.157. The number of benzene rings is 1. The maximum Gasteiger partial charge on any atom is 0.335 e. The fourth-order valence-electron chi connectivity index (χ4n) is 1.90. The van der Waals surface area contributed by atoms with E-state index in [-0.39, 0.29) is 13.2 Å². The highest BCUT2D eigenvalue weighted by Gasteiger charge is 2.25. The van der Waals surface area contributed by atoms with Crippen LogP contribution < -0.4 is 5.32 Å². The predicted molar refractivity (Wildman–Crippen MR) is 78.2 cm³/mol. The Morgan fingerprint density at radius 3 is 2.86 bits per heavy atom. The Balaban J connectivity index is 1.73. The van der Waals surface area contributed by atoms with Crippen LogP contribution in [0.1, 0.15) is 18.4 Å². The Hall–Kier alpha value is -1.30. The molecule has 0 saturated carbocycles. The first-order valence-corrected chi connectivity index (χ1v) is 7.30. The molecule has 5 nitrogen and oxygen atoms in total. The van der Waals surface area contributed by atoms with E-state index < -0.39 is 18.0 Å². The lowest BCUT2D eigenvalue weighted by Crippen LogP contribution is -2.31. The molecular formula is C14H15Cl2NO4. The molecule has 0 bridgehead atoms. The Labute approximate surface area is 132 Å². The van der Waals surface area contributed by atoms with Gasteiger partial charge >= 0.3 is 5.97 Å². The van der Waals surface area contributed by atoms with E-state index in [1.165, 1.54) is 0 Å². The van der Waals surface area contributed by atoms with Crippen molar-refractivity contribution >= 4 is 35.1 Å². The van der Waals surface area contributed by atoms with E-state index in [1.54, 1.807) is 18.2 Å².